The van der Waals surface area contributed by atoms with Gasteiger partial charge in [0.15, 0.2) is 0 Å². The van der Waals surface area contributed by atoms with Crippen LogP contribution in [0.15, 0.2) is 48.5 Å². The van der Waals surface area contributed by atoms with Crippen molar-refractivity contribution in [3.8, 4) is 11.1 Å². The van der Waals surface area contributed by atoms with E-state index >= 15 is 0 Å². The number of benzene rings is 2. The fourth-order valence-corrected chi connectivity index (χ4v) is 3.91. The first-order chi connectivity index (χ1) is 15.1. The van der Waals surface area contributed by atoms with E-state index in [2.05, 4.69) is 24.3 Å². The number of aliphatic carboxylic acids is 1. The molecule has 1 fully saturated rings. The van der Waals surface area contributed by atoms with Gasteiger partial charge in [-0.3, -0.25) is 0 Å². The lowest BCUT2D eigenvalue weighted by Crippen LogP contribution is -2.50. The van der Waals surface area contributed by atoms with Gasteiger partial charge in [0, 0.05) is 18.5 Å². The van der Waals surface area contributed by atoms with Crippen LogP contribution in [-0.4, -0.2) is 60.2 Å². The van der Waals surface area contributed by atoms with Crippen molar-refractivity contribution in [2.75, 3.05) is 19.7 Å². The lowest BCUT2D eigenvalue weighted by molar-refractivity contribution is -0.192. The number of fused-ring (bicyclic) bond motifs is 3. The SMILES string of the molecule is N[C@@H]1C[C@H](F)CN(C(=O)OCC2c3ccccc3-c3ccccc32)C1.O=C(O)C(F)(F)F. The Morgan fingerprint density at radius 3 is 2.00 bits per heavy atom. The molecule has 1 aliphatic heterocycles. The summed E-state index contributed by atoms with van der Waals surface area (Å²) >= 11 is 0. The number of carbonyl (C=O) groups is 2. The molecule has 0 bridgehead atoms. The van der Waals surface area contributed by atoms with E-state index in [0.717, 1.165) is 11.1 Å². The number of hydrogen-bond donors (Lipinski definition) is 2. The normalized spacial score (nSPS) is 20.0. The number of piperidine rings is 1. The summed E-state index contributed by atoms with van der Waals surface area (Å²) < 4.78 is 50.9. The Morgan fingerprint density at radius 1 is 1.03 bits per heavy atom. The van der Waals surface area contributed by atoms with Gasteiger partial charge in [0.25, 0.3) is 0 Å². The third-order valence-corrected chi connectivity index (χ3v) is 5.27. The summed E-state index contributed by atoms with van der Waals surface area (Å²) in [4.78, 5) is 22.6. The predicted octanol–water partition coefficient (Wildman–Crippen LogP) is 3.94. The number of rotatable bonds is 2. The molecule has 0 unspecified atom stereocenters. The highest BCUT2D eigenvalue weighted by Gasteiger charge is 2.38. The molecule has 6 nitrogen and oxygen atoms in total. The number of nitrogens with two attached hydrogens (primary N) is 1. The summed E-state index contributed by atoms with van der Waals surface area (Å²) in [6.45, 7) is 0.650. The van der Waals surface area contributed by atoms with Crippen molar-refractivity contribution in [1.29, 1.82) is 0 Å². The maximum Gasteiger partial charge on any atom is 0.490 e. The highest BCUT2D eigenvalue weighted by molar-refractivity contribution is 5.79. The first-order valence-electron chi connectivity index (χ1n) is 9.87. The van der Waals surface area contributed by atoms with Crippen LogP contribution in [0.4, 0.5) is 22.4 Å². The van der Waals surface area contributed by atoms with E-state index in [0.29, 0.717) is 13.0 Å². The second-order valence-electron chi connectivity index (χ2n) is 7.60. The maximum absolute atomic E-state index is 13.7. The van der Waals surface area contributed by atoms with Gasteiger partial charge in [-0.15, -0.1) is 0 Å². The molecular weight excluding hydrogens is 432 g/mol. The molecule has 4 rings (SSSR count). The molecule has 10 heteroatoms. The Balaban J connectivity index is 0.000000360. The van der Waals surface area contributed by atoms with Crippen LogP contribution in [0.1, 0.15) is 23.5 Å². The summed E-state index contributed by atoms with van der Waals surface area (Å²) in [6, 6.07) is 16.0. The van der Waals surface area contributed by atoms with E-state index in [1.807, 2.05) is 24.3 Å². The van der Waals surface area contributed by atoms with E-state index in [9.17, 15) is 22.4 Å². The lowest BCUT2D eigenvalue weighted by Gasteiger charge is -2.32. The standard InChI is InChI=1S/C20H21FN2O2.C2HF3O2/c21-13-9-14(22)11-23(10-13)20(24)25-12-19-17-7-3-1-5-15(17)16-6-2-4-8-18(16)19;3-2(4,5)1(6)7/h1-8,13-14,19H,9-12,22H2;(H,6,7)/t13-,14+;/m0./s1. The Bertz CT molecular complexity index is 927. The zero-order valence-corrected chi connectivity index (χ0v) is 16.9. The first kappa shape index (κ1) is 23.5. The largest absolute Gasteiger partial charge is 0.490 e. The molecule has 3 N–H and O–H groups in total. The average molecular weight is 454 g/mol. The number of carboxylic acids is 1. The summed E-state index contributed by atoms with van der Waals surface area (Å²) in [5, 5.41) is 7.12. The van der Waals surface area contributed by atoms with Crippen molar-refractivity contribution in [3.05, 3.63) is 59.7 Å². The minimum atomic E-state index is -5.08. The van der Waals surface area contributed by atoms with E-state index in [4.69, 9.17) is 20.4 Å². The van der Waals surface area contributed by atoms with Crippen LogP contribution >= 0.6 is 0 Å². The van der Waals surface area contributed by atoms with Crippen molar-refractivity contribution in [1.82, 2.24) is 4.90 Å². The molecule has 32 heavy (non-hydrogen) atoms. The van der Waals surface area contributed by atoms with Gasteiger partial charge in [-0.2, -0.15) is 13.2 Å². The van der Waals surface area contributed by atoms with Crippen LogP contribution in [0, 0.1) is 0 Å². The third-order valence-electron chi connectivity index (χ3n) is 5.27. The minimum absolute atomic E-state index is 0.0102. The molecule has 2 atom stereocenters. The number of nitrogens with zero attached hydrogens (tertiary/aromatic N) is 1. The maximum atomic E-state index is 13.7. The van der Waals surface area contributed by atoms with Crippen molar-refractivity contribution in [2.24, 2.45) is 5.73 Å². The number of carboxylic acid groups (broad SMARTS) is 1. The Kier molecular flexibility index (Phi) is 7.02. The van der Waals surface area contributed by atoms with Gasteiger partial charge in [0.05, 0.1) is 6.54 Å². The summed E-state index contributed by atoms with van der Waals surface area (Å²) in [5.41, 5.74) is 10.5. The third kappa shape index (κ3) is 5.37. The molecule has 2 aromatic carbocycles. The second kappa shape index (κ2) is 9.56. The van der Waals surface area contributed by atoms with Gasteiger partial charge in [0.2, 0.25) is 0 Å². The second-order valence-corrected chi connectivity index (χ2v) is 7.60. The topological polar surface area (TPSA) is 92.9 Å². The molecule has 1 saturated heterocycles. The molecule has 1 heterocycles. The lowest BCUT2D eigenvalue weighted by atomic mass is 9.98. The highest BCUT2D eigenvalue weighted by atomic mass is 19.4. The molecule has 0 saturated carbocycles. The Labute approximate surface area is 181 Å². The molecule has 0 spiro atoms. The fourth-order valence-electron chi connectivity index (χ4n) is 3.91. The van der Waals surface area contributed by atoms with Gasteiger partial charge in [-0.1, -0.05) is 48.5 Å². The van der Waals surface area contributed by atoms with Crippen LogP contribution in [0.2, 0.25) is 0 Å². The molecule has 0 radical (unpaired) electrons. The molecule has 2 aromatic rings. The zero-order valence-electron chi connectivity index (χ0n) is 16.9. The molecular formula is C22H22F4N2O4. The number of carbonyl (C=O) groups excluding carboxylic acids is 1. The number of hydrogen-bond acceptors (Lipinski definition) is 4. The van der Waals surface area contributed by atoms with Crippen LogP contribution in [-0.2, 0) is 9.53 Å². The van der Waals surface area contributed by atoms with E-state index in [-0.39, 0.29) is 25.1 Å². The van der Waals surface area contributed by atoms with Crippen molar-refractivity contribution < 1.29 is 37.0 Å². The quantitative estimate of drug-likeness (QED) is 0.671. The Hall–Kier alpha value is -3.14. The van der Waals surface area contributed by atoms with Crippen molar-refractivity contribution in [3.63, 3.8) is 0 Å². The molecule has 1 aliphatic carbocycles. The van der Waals surface area contributed by atoms with E-state index in [1.165, 1.54) is 16.0 Å². The smallest absolute Gasteiger partial charge is 0.475 e. The van der Waals surface area contributed by atoms with Gasteiger partial charge in [-0.05, 0) is 28.7 Å². The summed E-state index contributed by atoms with van der Waals surface area (Å²) in [6.07, 6.45) is -6.35. The number of likely N-dealkylation sites (tertiary alicyclic amines) is 1. The molecule has 0 aromatic heterocycles. The monoisotopic (exact) mass is 454 g/mol. The summed E-state index contributed by atoms with van der Waals surface area (Å²) in [5.74, 6) is -2.75. The van der Waals surface area contributed by atoms with Crippen LogP contribution in [0.3, 0.4) is 0 Å². The van der Waals surface area contributed by atoms with Crippen LogP contribution in [0.25, 0.3) is 11.1 Å². The van der Waals surface area contributed by atoms with Gasteiger partial charge in [0.1, 0.15) is 12.8 Å². The summed E-state index contributed by atoms with van der Waals surface area (Å²) in [7, 11) is 0. The van der Waals surface area contributed by atoms with Crippen molar-refractivity contribution in [2.45, 2.75) is 30.7 Å². The molecule has 172 valence electrons. The van der Waals surface area contributed by atoms with Gasteiger partial charge in [-0.25, -0.2) is 14.0 Å². The van der Waals surface area contributed by atoms with E-state index in [1.54, 1.807) is 0 Å². The van der Waals surface area contributed by atoms with E-state index < -0.39 is 24.4 Å². The molecule has 2 aliphatic rings. The molecule has 1 amide bonds. The number of alkyl halides is 4. The van der Waals surface area contributed by atoms with Crippen LogP contribution < -0.4 is 5.73 Å². The fraction of sp³-hybridized carbons (Fsp3) is 0.364. The predicted molar refractivity (Wildman–Crippen MR) is 108 cm³/mol. The average Bonchev–Trinajstić information content (AvgIpc) is 3.05. The Morgan fingerprint density at radius 2 is 1.53 bits per heavy atom. The minimum Gasteiger partial charge on any atom is -0.475 e. The van der Waals surface area contributed by atoms with Crippen molar-refractivity contribution >= 4 is 12.1 Å². The van der Waals surface area contributed by atoms with Gasteiger partial charge >= 0.3 is 18.2 Å². The highest BCUT2D eigenvalue weighted by Crippen LogP contribution is 2.44. The van der Waals surface area contributed by atoms with Crippen LogP contribution in [0.5, 0.6) is 0 Å². The number of ether oxygens (including phenoxy) is 1. The number of amides is 1. The zero-order chi connectivity index (χ0) is 23.5. The first-order valence-corrected chi connectivity index (χ1v) is 9.87. The van der Waals surface area contributed by atoms with Gasteiger partial charge < -0.3 is 20.5 Å². The number of halogens is 4.